The van der Waals surface area contributed by atoms with Gasteiger partial charge in [-0.2, -0.15) is 13.2 Å². The second-order valence-corrected chi connectivity index (χ2v) is 5.55. The fourth-order valence-corrected chi connectivity index (χ4v) is 2.85. The minimum atomic E-state index is -4.32. The topological polar surface area (TPSA) is 57.6 Å². The van der Waals surface area contributed by atoms with Gasteiger partial charge in [-0.25, -0.2) is 0 Å². The number of anilines is 1. The van der Waals surface area contributed by atoms with Crippen molar-refractivity contribution in [3.63, 3.8) is 0 Å². The highest BCUT2D eigenvalue weighted by Gasteiger charge is 2.36. The average Bonchev–Trinajstić information content (AvgIpc) is 2.76. The van der Waals surface area contributed by atoms with Crippen LogP contribution in [0.1, 0.15) is 11.5 Å². The molecule has 8 heteroatoms. The number of hydrogen-bond acceptors (Lipinski definition) is 3. The molecule has 1 aliphatic rings. The molecule has 0 aliphatic carbocycles. The second kappa shape index (κ2) is 5.97. The van der Waals surface area contributed by atoms with Crippen molar-refractivity contribution in [1.82, 2.24) is 0 Å². The number of alkyl halides is 3. The molecule has 1 N–H and O–H groups in total. The van der Waals surface area contributed by atoms with Crippen LogP contribution >= 0.6 is 11.8 Å². The van der Waals surface area contributed by atoms with Gasteiger partial charge in [0.15, 0.2) is 0 Å². The molecule has 1 atom stereocenters. The molecule has 1 aromatic rings. The van der Waals surface area contributed by atoms with Gasteiger partial charge < -0.3 is 10.0 Å². The number of aliphatic carboxylic acids is 1. The van der Waals surface area contributed by atoms with Crippen molar-refractivity contribution >= 4 is 29.3 Å². The van der Waals surface area contributed by atoms with Crippen LogP contribution < -0.4 is 4.90 Å². The summed E-state index contributed by atoms with van der Waals surface area (Å²) in [6, 6.07) is 6.54. The van der Waals surface area contributed by atoms with Crippen LogP contribution in [0.3, 0.4) is 0 Å². The Morgan fingerprint density at radius 2 is 2.00 bits per heavy atom. The molecule has 1 unspecified atom stereocenters. The smallest absolute Gasteiger partial charge is 0.397 e. The third-order valence-corrected chi connectivity index (χ3v) is 4.04. The number of para-hydroxylation sites is 1. The summed E-state index contributed by atoms with van der Waals surface area (Å²) in [5, 5.41) is 9.15. The molecule has 21 heavy (non-hydrogen) atoms. The molecular formula is C13H12F3NO3S. The van der Waals surface area contributed by atoms with Crippen molar-refractivity contribution in [2.75, 3.05) is 23.0 Å². The minimum Gasteiger partial charge on any atom is -0.481 e. The predicted octanol–water partition coefficient (Wildman–Crippen LogP) is 2.50. The first-order valence-electron chi connectivity index (χ1n) is 6.06. The van der Waals surface area contributed by atoms with E-state index < -0.39 is 29.7 Å². The van der Waals surface area contributed by atoms with Crippen molar-refractivity contribution in [1.29, 1.82) is 0 Å². The van der Waals surface area contributed by atoms with Crippen molar-refractivity contribution < 1.29 is 27.9 Å². The SMILES string of the molecule is O=C(O)C1CN(C(=O)CSCC(F)(F)F)c2ccccc21. The molecule has 0 bridgehead atoms. The Morgan fingerprint density at radius 1 is 1.33 bits per heavy atom. The summed E-state index contributed by atoms with van der Waals surface area (Å²) in [4.78, 5) is 24.4. The predicted molar refractivity (Wildman–Crippen MR) is 72.6 cm³/mol. The van der Waals surface area contributed by atoms with Crippen LogP contribution in [0.2, 0.25) is 0 Å². The molecule has 0 saturated heterocycles. The number of benzene rings is 1. The molecule has 1 aromatic carbocycles. The molecule has 4 nitrogen and oxygen atoms in total. The molecule has 114 valence electrons. The zero-order chi connectivity index (χ0) is 15.6. The Hall–Kier alpha value is -1.70. The standard InChI is InChI=1S/C13H12F3NO3S/c14-13(15,16)7-21-6-11(18)17-5-9(12(19)20)8-3-1-2-4-10(8)17/h1-4,9H,5-7H2,(H,19,20). The van der Waals surface area contributed by atoms with Gasteiger partial charge in [-0.15, -0.1) is 11.8 Å². The van der Waals surface area contributed by atoms with E-state index >= 15 is 0 Å². The Kier molecular flexibility index (Phi) is 4.46. The number of halogens is 3. The fraction of sp³-hybridized carbons (Fsp3) is 0.385. The van der Waals surface area contributed by atoms with Gasteiger partial charge in [0.05, 0.1) is 11.5 Å². The molecule has 1 amide bonds. The summed E-state index contributed by atoms with van der Waals surface area (Å²) in [5.74, 6) is -3.84. The summed E-state index contributed by atoms with van der Waals surface area (Å²) in [5.41, 5.74) is 0.974. The molecule has 2 rings (SSSR count). The van der Waals surface area contributed by atoms with Gasteiger partial charge in [0, 0.05) is 12.2 Å². The monoisotopic (exact) mass is 319 g/mol. The average molecular weight is 319 g/mol. The van der Waals surface area contributed by atoms with Crippen LogP contribution in [0.25, 0.3) is 0 Å². The van der Waals surface area contributed by atoms with E-state index in [-0.39, 0.29) is 12.3 Å². The lowest BCUT2D eigenvalue weighted by Gasteiger charge is -2.17. The fourth-order valence-electron chi connectivity index (χ4n) is 2.19. The number of hydrogen-bond donors (Lipinski definition) is 1. The van der Waals surface area contributed by atoms with Gasteiger partial charge in [0.2, 0.25) is 5.91 Å². The van der Waals surface area contributed by atoms with E-state index in [1.54, 1.807) is 24.3 Å². The molecule has 0 fully saturated rings. The number of amides is 1. The first-order valence-corrected chi connectivity index (χ1v) is 7.21. The van der Waals surface area contributed by atoms with E-state index in [4.69, 9.17) is 5.11 Å². The maximum atomic E-state index is 12.1. The third-order valence-electron chi connectivity index (χ3n) is 3.06. The van der Waals surface area contributed by atoms with Crippen LogP contribution in [0.4, 0.5) is 18.9 Å². The Balaban J connectivity index is 2.07. The number of carbonyl (C=O) groups is 2. The number of carbonyl (C=O) groups excluding carboxylic acids is 1. The quantitative estimate of drug-likeness (QED) is 0.926. The Bertz CT molecular complexity index is 562. The lowest BCUT2D eigenvalue weighted by molar-refractivity contribution is -0.138. The number of fused-ring (bicyclic) bond motifs is 1. The molecular weight excluding hydrogens is 307 g/mol. The van der Waals surface area contributed by atoms with E-state index in [1.165, 1.54) is 4.90 Å². The van der Waals surface area contributed by atoms with Crippen LogP contribution in [-0.2, 0) is 9.59 Å². The van der Waals surface area contributed by atoms with Gasteiger partial charge in [-0.1, -0.05) is 18.2 Å². The summed E-state index contributed by atoms with van der Waals surface area (Å²) < 4.78 is 36.2. The van der Waals surface area contributed by atoms with Gasteiger partial charge >= 0.3 is 12.1 Å². The van der Waals surface area contributed by atoms with Crippen LogP contribution in [0.5, 0.6) is 0 Å². The van der Waals surface area contributed by atoms with Crippen molar-refractivity contribution in [2.45, 2.75) is 12.1 Å². The van der Waals surface area contributed by atoms with Crippen LogP contribution in [-0.4, -0.2) is 41.2 Å². The van der Waals surface area contributed by atoms with E-state index in [9.17, 15) is 22.8 Å². The Morgan fingerprint density at radius 3 is 2.62 bits per heavy atom. The van der Waals surface area contributed by atoms with Gasteiger partial charge in [-0.3, -0.25) is 9.59 Å². The highest BCUT2D eigenvalue weighted by Crippen LogP contribution is 2.36. The highest BCUT2D eigenvalue weighted by molar-refractivity contribution is 8.00. The van der Waals surface area contributed by atoms with Crippen molar-refractivity contribution in [3.05, 3.63) is 29.8 Å². The number of thioether (sulfide) groups is 1. The minimum absolute atomic E-state index is 0.0416. The maximum absolute atomic E-state index is 12.1. The van der Waals surface area contributed by atoms with Gasteiger partial charge in [0.25, 0.3) is 0 Å². The lowest BCUT2D eigenvalue weighted by Crippen LogP contribution is -2.33. The largest absolute Gasteiger partial charge is 0.481 e. The molecule has 0 spiro atoms. The van der Waals surface area contributed by atoms with E-state index in [0.717, 1.165) is 0 Å². The normalized spacial score (nSPS) is 17.7. The van der Waals surface area contributed by atoms with Crippen molar-refractivity contribution in [2.24, 2.45) is 0 Å². The Labute approximate surface area is 122 Å². The first kappa shape index (κ1) is 15.7. The lowest BCUT2D eigenvalue weighted by atomic mass is 10.0. The van der Waals surface area contributed by atoms with E-state index in [1.807, 2.05) is 0 Å². The highest BCUT2D eigenvalue weighted by atomic mass is 32.2. The molecule has 0 saturated carbocycles. The maximum Gasteiger partial charge on any atom is 0.397 e. The third kappa shape index (κ3) is 3.69. The zero-order valence-electron chi connectivity index (χ0n) is 10.8. The van der Waals surface area contributed by atoms with E-state index in [2.05, 4.69) is 0 Å². The molecule has 1 heterocycles. The summed E-state index contributed by atoms with van der Waals surface area (Å²) in [6.45, 7) is -0.0416. The number of rotatable bonds is 4. The summed E-state index contributed by atoms with van der Waals surface area (Å²) in [6.07, 6.45) is -4.32. The molecule has 0 aromatic heterocycles. The van der Waals surface area contributed by atoms with Gasteiger partial charge in [-0.05, 0) is 11.6 Å². The summed E-state index contributed by atoms with van der Waals surface area (Å²) in [7, 11) is 0. The second-order valence-electron chi connectivity index (χ2n) is 4.56. The molecule has 0 radical (unpaired) electrons. The first-order chi connectivity index (χ1) is 9.79. The van der Waals surface area contributed by atoms with Crippen LogP contribution in [0, 0.1) is 0 Å². The van der Waals surface area contributed by atoms with Crippen molar-refractivity contribution in [3.8, 4) is 0 Å². The number of nitrogens with zero attached hydrogens (tertiary/aromatic N) is 1. The number of carboxylic acid groups (broad SMARTS) is 1. The van der Waals surface area contributed by atoms with Gasteiger partial charge in [0.1, 0.15) is 5.92 Å². The van der Waals surface area contributed by atoms with E-state index in [0.29, 0.717) is 23.0 Å². The molecule has 1 aliphatic heterocycles. The van der Waals surface area contributed by atoms with Crippen LogP contribution in [0.15, 0.2) is 24.3 Å². The zero-order valence-corrected chi connectivity index (χ0v) is 11.6. The number of carboxylic acids is 1. The summed E-state index contributed by atoms with van der Waals surface area (Å²) >= 11 is 0.476.